The summed E-state index contributed by atoms with van der Waals surface area (Å²) in [5, 5.41) is 0. The van der Waals surface area contributed by atoms with Crippen LogP contribution in [-0.2, 0) is 18.8 Å². The minimum atomic E-state index is -3.83. The topological polar surface area (TPSA) is 52.6 Å². The molecular formula is C17H35KO4S. The van der Waals surface area contributed by atoms with Crippen molar-refractivity contribution in [3.8, 4) is 0 Å². The molecule has 0 aliphatic rings. The van der Waals surface area contributed by atoms with Crippen LogP contribution in [0.5, 0.6) is 0 Å². The van der Waals surface area contributed by atoms with Crippen molar-refractivity contribution in [2.45, 2.75) is 84.0 Å². The Kier molecular flexibility index (Phi) is 22.5. The minimum Gasteiger partial charge on any atom is -1.00 e. The molecule has 0 aromatic heterocycles. The first-order chi connectivity index (χ1) is 10.6. The van der Waals surface area contributed by atoms with Crippen LogP contribution in [0.15, 0.2) is 12.7 Å². The number of rotatable bonds is 17. The van der Waals surface area contributed by atoms with Crippen molar-refractivity contribution in [2.75, 3.05) is 13.2 Å². The van der Waals surface area contributed by atoms with Crippen LogP contribution in [0.25, 0.3) is 0 Å². The van der Waals surface area contributed by atoms with Gasteiger partial charge < -0.3 is 1.43 Å². The maximum absolute atomic E-state index is 11.2. The summed E-state index contributed by atoms with van der Waals surface area (Å²) in [5.74, 6) is 0. The van der Waals surface area contributed by atoms with Gasteiger partial charge in [-0.25, -0.2) is 8.37 Å². The van der Waals surface area contributed by atoms with E-state index in [-0.39, 0.29) is 66.0 Å². The van der Waals surface area contributed by atoms with E-state index in [9.17, 15) is 8.42 Å². The molecule has 0 N–H and O–H groups in total. The molecule has 23 heavy (non-hydrogen) atoms. The molecule has 6 heteroatoms. The molecule has 0 saturated carbocycles. The quantitative estimate of drug-likeness (QED) is 0.223. The van der Waals surface area contributed by atoms with Crippen LogP contribution in [0.4, 0.5) is 0 Å². The maximum atomic E-state index is 11.2. The van der Waals surface area contributed by atoms with E-state index in [4.69, 9.17) is 4.18 Å². The monoisotopic (exact) mass is 374 g/mol. The summed E-state index contributed by atoms with van der Waals surface area (Å²) in [6, 6.07) is 0. The molecular weight excluding hydrogens is 339 g/mol. The van der Waals surface area contributed by atoms with Gasteiger partial charge in [0.25, 0.3) is 0 Å². The predicted molar refractivity (Wildman–Crippen MR) is 93.2 cm³/mol. The van der Waals surface area contributed by atoms with Gasteiger partial charge in [0.1, 0.15) is 0 Å². The maximum Gasteiger partial charge on any atom is 1.00 e. The smallest absolute Gasteiger partial charge is 1.00 e. The third kappa shape index (κ3) is 21.2. The summed E-state index contributed by atoms with van der Waals surface area (Å²) < 4.78 is 31.6. The molecule has 0 aliphatic heterocycles. The largest absolute Gasteiger partial charge is 1.00 e. The zero-order valence-electron chi connectivity index (χ0n) is 16.2. The Balaban J connectivity index is -0.00000220. The van der Waals surface area contributed by atoms with Crippen LogP contribution in [-0.4, -0.2) is 21.6 Å². The van der Waals surface area contributed by atoms with Gasteiger partial charge in [0.2, 0.25) is 0 Å². The third-order valence-electron chi connectivity index (χ3n) is 3.56. The SMILES string of the molecule is C=CCOS(=O)(=O)OCCCCCCCCCCCCCC.[H-].[K+]. The molecule has 0 atom stereocenters. The average molecular weight is 375 g/mol. The van der Waals surface area contributed by atoms with Crippen molar-refractivity contribution >= 4 is 10.4 Å². The molecule has 0 amide bonds. The van der Waals surface area contributed by atoms with Gasteiger partial charge in [-0.2, -0.15) is 8.42 Å². The van der Waals surface area contributed by atoms with E-state index in [0.29, 0.717) is 0 Å². The molecule has 0 aliphatic carbocycles. The molecule has 0 spiro atoms. The Morgan fingerprint density at radius 2 is 1.26 bits per heavy atom. The molecule has 0 rings (SSSR count). The minimum absolute atomic E-state index is 0. The molecule has 0 unspecified atom stereocenters. The fourth-order valence-corrected chi connectivity index (χ4v) is 2.92. The van der Waals surface area contributed by atoms with Crippen molar-refractivity contribution in [3.05, 3.63) is 12.7 Å². The van der Waals surface area contributed by atoms with Gasteiger partial charge in [-0.1, -0.05) is 83.6 Å². The number of hydrogen-bond donors (Lipinski definition) is 0. The summed E-state index contributed by atoms with van der Waals surface area (Å²) >= 11 is 0. The van der Waals surface area contributed by atoms with Gasteiger partial charge in [-0.15, -0.1) is 6.58 Å². The van der Waals surface area contributed by atoms with E-state index in [2.05, 4.69) is 17.7 Å². The molecule has 0 radical (unpaired) electrons. The fourth-order valence-electron chi connectivity index (χ4n) is 2.27. The average Bonchev–Trinajstić information content (AvgIpc) is 2.50. The van der Waals surface area contributed by atoms with Crippen molar-refractivity contribution < 1.29 is 69.6 Å². The second-order valence-electron chi connectivity index (χ2n) is 5.69. The molecule has 0 aromatic rings. The summed E-state index contributed by atoms with van der Waals surface area (Å²) in [6.45, 7) is 5.80. The second kappa shape index (κ2) is 19.6. The Labute approximate surface area is 188 Å². The predicted octanol–water partition coefficient (Wildman–Crippen LogP) is 2.27. The Hall–Kier alpha value is 1.25. The van der Waals surface area contributed by atoms with Crippen LogP contribution in [0.2, 0.25) is 0 Å². The van der Waals surface area contributed by atoms with Crippen molar-refractivity contribution in [1.29, 1.82) is 0 Å². The molecule has 0 heterocycles. The molecule has 4 nitrogen and oxygen atoms in total. The Morgan fingerprint density at radius 3 is 1.70 bits per heavy atom. The van der Waals surface area contributed by atoms with Crippen LogP contribution in [0.1, 0.15) is 85.4 Å². The van der Waals surface area contributed by atoms with E-state index in [0.717, 1.165) is 19.3 Å². The summed E-state index contributed by atoms with van der Waals surface area (Å²) in [6.07, 6.45) is 16.3. The molecule has 0 fully saturated rings. The van der Waals surface area contributed by atoms with Gasteiger partial charge >= 0.3 is 61.8 Å². The zero-order valence-corrected chi connectivity index (χ0v) is 19.2. The third-order valence-corrected chi connectivity index (χ3v) is 4.44. The van der Waals surface area contributed by atoms with Crippen LogP contribution in [0, 0.1) is 0 Å². The Bertz CT molecular complexity index is 350. The first-order valence-electron chi connectivity index (χ1n) is 8.77. The zero-order chi connectivity index (χ0) is 16.5. The van der Waals surface area contributed by atoms with Gasteiger partial charge in [0.05, 0.1) is 13.2 Å². The first kappa shape index (κ1) is 26.5. The van der Waals surface area contributed by atoms with Gasteiger partial charge in [-0.3, -0.25) is 0 Å². The van der Waals surface area contributed by atoms with Crippen LogP contribution in [0.3, 0.4) is 0 Å². The van der Waals surface area contributed by atoms with Gasteiger partial charge in [-0.05, 0) is 6.42 Å². The standard InChI is InChI=1S/C17H34O4S.K.H/c1-3-5-6-7-8-9-10-11-12-13-14-15-17-21-22(18,19)20-16-4-2;;/h4H,2-3,5-17H2,1H3;;/q;+1;-1. The van der Waals surface area contributed by atoms with Gasteiger partial charge in [0.15, 0.2) is 0 Å². The normalized spacial score (nSPS) is 11.2. The number of hydrogen-bond acceptors (Lipinski definition) is 4. The summed E-state index contributed by atoms with van der Waals surface area (Å²) in [7, 11) is -3.83. The van der Waals surface area contributed by atoms with Crippen LogP contribution >= 0.6 is 0 Å². The van der Waals surface area contributed by atoms with Crippen molar-refractivity contribution in [2.24, 2.45) is 0 Å². The van der Waals surface area contributed by atoms with E-state index >= 15 is 0 Å². The van der Waals surface area contributed by atoms with Crippen molar-refractivity contribution in [1.82, 2.24) is 0 Å². The second-order valence-corrected chi connectivity index (χ2v) is 6.98. The number of unbranched alkanes of at least 4 members (excludes halogenated alkanes) is 11. The van der Waals surface area contributed by atoms with Gasteiger partial charge in [0, 0.05) is 0 Å². The van der Waals surface area contributed by atoms with Crippen molar-refractivity contribution in [3.63, 3.8) is 0 Å². The van der Waals surface area contributed by atoms with E-state index in [1.54, 1.807) is 0 Å². The first-order valence-corrected chi connectivity index (χ1v) is 10.1. The summed E-state index contributed by atoms with van der Waals surface area (Å²) in [4.78, 5) is 0. The molecule has 0 bridgehead atoms. The molecule has 0 saturated heterocycles. The summed E-state index contributed by atoms with van der Waals surface area (Å²) in [5.41, 5.74) is 0. The van der Waals surface area contributed by atoms with Crippen LogP contribution < -0.4 is 51.4 Å². The Morgan fingerprint density at radius 1 is 0.826 bits per heavy atom. The molecule has 134 valence electrons. The fraction of sp³-hybridized carbons (Fsp3) is 0.882. The van der Waals surface area contributed by atoms with E-state index in [1.165, 1.54) is 63.9 Å². The van der Waals surface area contributed by atoms with E-state index < -0.39 is 10.4 Å². The molecule has 0 aromatic carbocycles. The van der Waals surface area contributed by atoms with E-state index in [1.807, 2.05) is 0 Å².